The van der Waals surface area contributed by atoms with Gasteiger partial charge in [0, 0.05) is 6.54 Å². The maximum atomic E-state index is 5.55. The molecule has 0 heterocycles. The van der Waals surface area contributed by atoms with E-state index in [9.17, 15) is 0 Å². The number of rotatable bonds is 5. The van der Waals surface area contributed by atoms with Crippen molar-refractivity contribution in [3.05, 3.63) is 29.8 Å². The summed E-state index contributed by atoms with van der Waals surface area (Å²) in [6.07, 6.45) is 5.23. The lowest BCUT2D eigenvalue weighted by atomic mass is 10.2. The Morgan fingerprint density at radius 2 is 2.33 bits per heavy atom. The maximum Gasteiger partial charge on any atom is 0.119 e. The van der Waals surface area contributed by atoms with Crippen molar-refractivity contribution in [2.75, 3.05) is 13.2 Å². The first-order valence-electron chi connectivity index (χ1n) is 5.11. The van der Waals surface area contributed by atoms with E-state index >= 15 is 0 Å². The van der Waals surface area contributed by atoms with Crippen molar-refractivity contribution >= 4 is 0 Å². The molecule has 1 aromatic carbocycles. The lowest BCUT2D eigenvalue weighted by molar-refractivity contribution is 0.311. The minimum atomic E-state index is 0.103. The number of hydrogen-bond acceptors (Lipinski definition) is 2. The number of aryl methyl sites for hydroxylation is 1. The zero-order valence-corrected chi connectivity index (χ0v) is 9.29. The van der Waals surface area contributed by atoms with Crippen LogP contribution in [0.15, 0.2) is 24.3 Å². The summed E-state index contributed by atoms with van der Waals surface area (Å²) in [4.78, 5) is 0. The summed E-state index contributed by atoms with van der Waals surface area (Å²) in [6, 6.07) is 8.11. The van der Waals surface area contributed by atoms with Crippen molar-refractivity contribution in [3.63, 3.8) is 0 Å². The number of hydrogen-bond donors (Lipinski definition) is 1. The van der Waals surface area contributed by atoms with Crippen LogP contribution in [0.4, 0.5) is 0 Å². The van der Waals surface area contributed by atoms with E-state index < -0.39 is 0 Å². The molecule has 80 valence electrons. The van der Waals surface area contributed by atoms with Crippen LogP contribution in [0.2, 0.25) is 0 Å². The van der Waals surface area contributed by atoms with E-state index in [2.05, 4.69) is 11.2 Å². The minimum absolute atomic E-state index is 0.103. The zero-order chi connectivity index (χ0) is 11.1. The molecule has 1 rings (SSSR count). The van der Waals surface area contributed by atoms with E-state index in [1.54, 1.807) is 0 Å². The first-order chi connectivity index (χ1) is 7.22. The molecule has 0 spiro atoms. The molecule has 1 atom stereocenters. The van der Waals surface area contributed by atoms with Crippen LogP contribution >= 0.6 is 0 Å². The molecule has 0 fully saturated rings. The van der Waals surface area contributed by atoms with E-state index in [0.717, 1.165) is 12.3 Å². The second-order valence-corrected chi connectivity index (χ2v) is 3.51. The summed E-state index contributed by atoms with van der Waals surface area (Å²) in [7, 11) is 0. The Balaban J connectivity index is 2.24. The zero-order valence-electron chi connectivity index (χ0n) is 9.29. The molecular weight excluding hydrogens is 186 g/mol. The third-order valence-corrected chi connectivity index (χ3v) is 2.06. The Kier molecular flexibility index (Phi) is 4.73. The van der Waals surface area contributed by atoms with Gasteiger partial charge in [-0.05, 0) is 31.5 Å². The highest BCUT2D eigenvalue weighted by Gasteiger charge is 1.96. The highest BCUT2D eigenvalue weighted by molar-refractivity contribution is 5.27. The van der Waals surface area contributed by atoms with Gasteiger partial charge < -0.3 is 10.1 Å². The van der Waals surface area contributed by atoms with Gasteiger partial charge in [0.1, 0.15) is 12.4 Å². The third-order valence-electron chi connectivity index (χ3n) is 2.06. The molecule has 1 N–H and O–H groups in total. The average Bonchev–Trinajstić information content (AvgIpc) is 2.24. The average molecular weight is 203 g/mol. The van der Waals surface area contributed by atoms with Crippen molar-refractivity contribution in [1.82, 2.24) is 5.32 Å². The molecule has 2 nitrogen and oxygen atoms in total. The molecule has 0 aliphatic carbocycles. The highest BCUT2D eigenvalue weighted by atomic mass is 16.5. The van der Waals surface area contributed by atoms with Crippen LogP contribution in [0.3, 0.4) is 0 Å². The van der Waals surface area contributed by atoms with E-state index in [1.807, 2.05) is 38.1 Å². The fourth-order valence-corrected chi connectivity index (χ4v) is 1.21. The van der Waals surface area contributed by atoms with E-state index in [0.29, 0.717) is 6.61 Å². The second-order valence-electron chi connectivity index (χ2n) is 3.51. The van der Waals surface area contributed by atoms with E-state index in [-0.39, 0.29) is 6.04 Å². The number of ether oxygens (including phenoxy) is 1. The third kappa shape index (κ3) is 4.53. The normalized spacial score (nSPS) is 11.8. The lowest BCUT2D eigenvalue weighted by Gasteiger charge is -2.09. The molecule has 1 unspecified atom stereocenters. The molecule has 0 aromatic heterocycles. The Morgan fingerprint density at radius 3 is 3.00 bits per heavy atom. The Hall–Kier alpha value is -1.46. The van der Waals surface area contributed by atoms with Crippen molar-refractivity contribution in [1.29, 1.82) is 0 Å². The minimum Gasteiger partial charge on any atom is -0.492 e. The van der Waals surface area contributed by atoms with Gasteiger partial charge in [0.25, 0.3) is 0 Å². The quantitative estimate of drug-likeness (QED) is 0.583. The molecular formula is C13H17NO. The van der Waals surface area contributed by atoms with Gasteiger partial charge in [-0.2, -0.15) is 0 Å². The fourth-order valence-electron chi connectivity index (χ4n) is 1.21. The van der Waals surface area contributed by atoms with Crippen molar-refractivity contribution in [2.45, 2.75) is 19.9 Å². The first kappa shape index (κ1) is 11.6. The molecule has 0 aliphatic rings. The highest BCUT2D eigenvalue weighted by Crippen LogP contribution is 2.11. The fraction of sp³-hybridized carbons (Fsp3) is 0.385. The van der Waals surface area contributed by atoms with Crippen LogP contribution < -0.4 is 10.1 Å². The summed E-state index contributed by atoms with van der Waals surface area (Å²) in [5.41, 5.74) is 1.21. The van der Waals surface area contributed by atoms with Crippen LogP contribution in [-0.2, 0) is 0 Å². The molecule has 0 amide bonds. The number of nitrogens with one attached hydrogen (secondary N) is 1. The first-order valence-corrected chi connectivity index (χ1v) is 5.11. The topological polar surface area (TPSA) is 21.3 Å². The largest absolute Gasteiger partial charge is 0.492 e. The van der Waals surface area contributed by atoms with Crippen LogP contribution in [-0.4, -0.2) is 19.2 Å². The van der Waals surface area contributed by atoms with Crippen molar-refractivity contribution < 1.29 is 4.74 Å². The van der Waals surface area contributed by atoms with Gasteiger partial charge in [-0.1, -0.05) is 18.1 Å². The predicted octanol–water partition coefficient (Wildman–Crippen LogP) is 1.99. The summed E-state index contributed by atoms with van der Waals surface area (Å²) in [6.45, 7) is 5.40. The van der Waals surface area contributed by atoms with E-state index in [4.69, 9.17) is 11.2 Å². The molecule has 0 saturated carbocycles. The van der Waals surface area contributed by atoms with Crippen LogP contribution in [0, 0.1) is 19.3 Å². The van der Waals surface area contributed by atoms with Crippen molar-refractivity contribution in [2.24, 2.45) is 0 Å². The lowest BCUT2D eigenvalue weighted by Crippen LogP contribution is -2.28. The smallest absolute Gasteiger partial charge is 0.119 e. The van der Waals surface area contributed by atoms with Crippen LogP contribution in [0.5, 0.6) is 5.75 Å². The second kappa shape index (κ2) is 6.10. The molecule has 0 saturated heterocycles. The molecule has 1 aromatic rings. The molecule has 0 bridgehead atoms. The van der Waals surface area contributed by atoms with Gasteiger partial charge in [-0.15, -0.1) is 6.42 Å². The summed E-state index contributed by atoms with van der Waals surface area (Å²) in [5, 5.41) is 3.16. The SMILES string of the molecule is C#CC(C)NCCOc1cccc(C)c1. The van der Waals surface area contributed by atoms with Gasteiger partial charge in [-0.25, -0.2) is 0 Å². The Bertz CT molecular complexity index is 341. The summed E-state index contributed by atoms with van der Waals surface area (Å²) in [5.74, 6) is 3.51. The molecule has 0 aliphatic heterocycles. The van der Waals surface area contributed by atoms with Gasteiger partial charge in [0.2, 0.25) is 0 Å². The van der Waals surface area contributed by atoms with Crippen molar-refractivity contribution in [3.8, 4) is 18.1 Å². The van der Waals surface area contributed by atoms with Crippen LogP contribution in [0.1, 0.15) is 12.5 Å². The molecule has 2 heteroatoms. The summed E-state index contributed by atoms with van der Waals surface area (Å²) >= 11 is 0. The number of terminal acetylenes is 1. The monoisotopic (exact) mass is 203 g/mol. The standard InChI is InChI=1S/C13H17NO/c1-4-12(3)14-8-9-15-13-7-5-6-11(2)10-13/h1,5-7,10,12,14H,8-9H2,2-3H3. The van der Waals surface area contributed by atoms with Gasteiger partial charge in [-0.3, -0.25) is 0 Å². The maximum absolute atomic E-state index is 5.55. The van der Waals surface area contributed by atoms with Gasteiger partial charge in [0.05, 0.1) is 6.04 Å². The predicted molar refractivity (Wildman–Crippen MR) is 63.0 cm³/mol. The Labute approximate surface area is 91.6 Å². The molecule has 0 radical (unpaired) electrons. The number of benzene rings is 1. The summed E-state index contributed by atoms with van der Waals surface area (Å²) < 4.78 is 5.55. The molecule has 15 heavy (non-hydrogen) atoms. The van der Waals surface area contributed by atoms with Gasteiger partial charge in [0.15, 0.2) is 0 Å². The van der Waals surface area contributed by atoms with E-state index in [1.165, 1.54) is 5.56 Å². The Morgan fingerprint density at radius 1 is 1.53 bits per heavy atom. The van der Waals surface area contributed by atoms with Gasteiger partial charge >= 0.3 is 0 Å². The van der Waals surface area contributed by atoms with Crippen LogP contribution in [0.25, 0.3) is 0 Å².